The Labute approximate surface area is 108 Å². The average Bonchev–Trinajstić information content (AvgIpc) is 2.93. The molecular weight excluding hydrogens is 256 g/mol. The minimum absolute atomic E-state index is 0.374. The monoisotopic (exact) mass is 268 g/mol. The number of ether oxygens (including phenoxy) is 1. The maximum absolute atomic E-state index is 12.2. The van der Waals surface area contributed by atoms with Crippen molar-refractivity contribution in [1.82, 2.24) is 10.2 Å². The second-order valence-corrected chi connectivity index (χ2v) is 4.81. The van der Waals surface area contributed by atoms with Crippen molar-refractivity contribution in [3.05, 3.63) is 22.4 Å². The fraction of sp³-hybridized carbons (Fsp3) is 0.364. The quantitative estimate of drug-likeness (QED) is 0.646. The molecule has 6 nitrogen and oxygen atoms in total. The van der Waals surface area contributed by atoms with Gasteiger partial charge in [0.25, 0.3) is 5.91 Å². The van der Waals surface area contributed by atoms with Crippen LogP contribution in [0, 0.1) is 0 Å². The van der Waals surface area contributed by atoms with Crippen molar-refractivity contribution in [1.29, 1.82) is 0 Å². The average molecular weight is 268 g/mol. The molecule has 0 aliphatic carbocycles. The van der Waals surface area contributed by atoms with Crippen LogP contribution in [0.2, 0.25) is 0 Å². The van der Waals surface area contributed by atoms with Crippen LogP contribution in [-0.2, 0) is 19.9 Å². The molecule has 3 amide bonds. The fourth-order valence-corrected chi connectivity index (χ4v) is 2.54. The summed E-state index contributed by atoms with van der Waals surface area (Å²) < 4.78 is 4.46. The van der Waals surface area contributed by atoms with Crippen LogP contribution in [0.4, 0.5) is 4.79 Å². The zero-order valence-corrected chi connectivity index (χ0v) is 10.7. The lowest BCUT2D eigenvalue weighted by Gasteiger charge is -2.20. The maximum atomic E-state index is 12.2. The van der Waals surface area contributed by atoms with Gasteiger partial charge in [0, 0.05) is 0 Å². The van der Waals surface area contributed by atoms with Gasteiger partial charge in [-0.2, -0.15) is 11.3 Å². The van der Waals surface area contributed by atoms with Crippen molar-refractivity contribution in [2.24, 2.45) is 0 Å². The van der Waals surface area contributed by atoms with Gasteiger partial charge in [-0.1, -0.05) is 0 Å². The van der Waals surface area contributed by atoms with E-state index in [9.17, 15) is 14.4 Å². The summed E-state index contributed by atoms with van der Waals surface area (Å²) in [6.45, 7) is 1.24. The number of amides is 3. The molecule has 1 aliphatic heterocycles. The number of carbonyl (C=O) groups excluding carboxylic acids is 3. The second kappa shape index (κ2) is 4.41. The van der Waals surface area contributed by atoms with Crippen LogP contribution < -0.4 is 5.32 Å². The number of urea groups is 1. The maximum Gasteiger partial charge on any atom is 0.325 e. The number of thiophene rings is 1. The van der Waals surface area contributed by atoms with E-state index in [1.807, 2.05) is 5.38 Å². The van der Waals surface area contributed by atoms with Gasteiger partial charge in [0.2, 0.25) is 0 Å². The lowest BCUT2D eigenvalue weighted by Crippen LogP contribution is -2.41. The molecule has 1 unspecified atom stereocenters. The molecule has 0 aromatic carbocycles. The Morgan fingerprint density at radius 1 is 1.56 bits per heavy atom. The molecule has 2 rings (SSSR count). The van der Waals surface area contributed by atoms with Gasteiger partial charge in [0.1, 0.15) is 12.1 Å². The molecule has 2 heterocycles. The molecule has 1 aliphatic rings. The molecule has 18 heavy (non-hydrogen) atoms. The summed E-state index contributed by atoms with van der Waals surface area (Å²) in [6, 6.07) is 1.18. The number of hydrogen-bond acceptors (Lipinski definition) is 5. The van der Waals surface area contributed by atoms with E-state index < -0.39 is 23.4 Å². The van der Waals surface area contributed by atoms with Crippen molar-refractivity contribution < 1.29 is 19.1 Å². The third kappa shape index (κ3) is 1.86. The number of nitrogens with one attached hydrogen (secondary N) is 1. The topological polar surface area (TPSA) is 75.7 Å². The number of carbonyl (C=O) groups is 3. The van der Waals surface area contributed by atoms with Crippen LogP contribution in [0.15, 0.2) is 16.8 Å². The molecule has 0 saturated carbocycles. The van der Waals surface area contributed by atoms with Crippen molar-refractivity contribution >= 4 is 29.2 Å². The second-order valence-electron chi connectivity index (χ2n) is 4.03. The Hall–Kier alpha value is -1.89. The first-order valence-corrected chi connectivity index (χ1v) is 6.17. The Morgan fingerprint density at radius 2 is 2.28 bits per heavy atom. The molecule has 1 saturated heterocycles. The third-order valence-electron chi connectivity index (χ3n) is 2.89. The van der Waals surface area contributed by atoms with Crippen molar-refractivity contribution in [2.75, 3.05) is 13.7 Å². The van der Waals surface area contributed by atoms with Crippen LogP contribution in [0.5, 0.6) is 0 Å². The zero-order chi connectivity index (χ0) is 13.3. The van der Waals surface area contributed by atoms with E-state index in [0.29, 0.717) is 5.56 Å². The molecular formula is C11H12N2O4S. The van der Waals surface area contributed by atoms with E-state index in [1.54, 1.807) is 18.4 Å². The molecule has 0 radical (unpaired) electrons. The van der Waals surface area contributed by atoms with E-state index in [4.69, 9.17) is 0 Å². The van der Waals surface area contributed by atoms with Crippen LogP contribution in [0.25, 0.3) is 0 Å². The summed E-state index contributed by atoms with van der Waals surface area (Å²) in [5.74, 6) is -1.08. The first-order valence-electron chi connectivity index (χ1n) is 5.22. The molecule has 0 bridgehead atoms. The number of hydrogen-bond donors (Lipinski definition) is 1. The number of esters is 1. The SMILES string of the molecule is COC(=O)CN1C(=O)NC(C)(c2ccsc2)C1=O. The Morgan fingerprint density at radius 3 is 2.83 bits per heavy atom. The summed E-state index contributed by atoms with van der Waals surface area (Å²) >= 11 is 1.43. The van der Waals surface area contributed by atoms with Gasteiger partial charge in [0.05, 0.1) is 7.11 Å². The van der Waals surface area contributed by atoms with Gasteiger partial charge in [0.15, 0.2) is 0 Å². The van der Waals surface area contributed by atoms with Crippen LogP contribution >= 0.6 is 11.3 Å². The Bertz CT molecular complexity index is 499. The zero-order valence-electron chi connectivity index (χ0n) is 9.93. The van der Waals surface area contributed by atoms with Gasteiger partial charge >= 0.3 is 12.0 Å². The smallest absolute Gasteiger partial charge is 0.325 e. The summed E-state index contributed by atoms with van der Waals surface area (Å²) in [7, 11) is 1.21. The minimum atomic E-state index is -1.11. The minimum Gasteiger partial charge on any atom is -0.468 e. The van der Waals surface area contributed by atoms with Gasteiger partial charge in [-0.15, -0.1) is 0 Å². The summed E-state index contributed by atoms with van der Waals surface area (Å²) in [4.78, 5) is 36.0. The van der Waals surface area contributed by atoms with Gasteiger partial charge in [-0.3, -0.25) is 14.5 Å². The molecule has 1 N–H and O–H groups in total. The van der Waals surface area contributed by atoms with Crippen molar-refractivity contribution in [3.8, 4) is 0 Å². The third-order valence-corrected chi connectivity index (χ3v) is 3.57. The molecule has 7 heteroatoms. The number of methoxy groups -OCH3 is 1. The lowest BCUT2D eigenvalue weighted by molar-refractivity contribution is -0.145. The van der Waals surface area contributed by atoms with E-state index in [1.165, 1.54) is 18.4 Å². The summed E-state index contributed by atoms with van der Waals surface area (Å²) in [5, 5.41) is 6.21. The van der Waals surface area contributed by atoms with Crippen LogP contribution in [-0.4, -0.2) is 36.5 Å². The summed E-state index contributed by atoms with van der Waals surface area (Å²) in [5.41, 5.74) is -0.399. The fourth-order valence-electron chi connectivity index (χ4n) is 1.78. The first kappa shape index (κ1) is 12.6. The van der Waals surface area contributed by atoms with Gasteiger partial charge < -0.3 is 10.1 Å². The highest BCUT2D eigenvalue weighted by molar-refractivity contribution is 7.08. The number of rotatable bonds is 3. The van der Waals surface area contributed by atoms with E-state index >= 15 is 0 Å². The summed E-state index contributed by atoms with van der Waals surface area (Å²) in [6.07, 6.45) is 0. The molecule has 1 aromatic heterocycles. The van der Waals surface area contributed by atoms with E-state index in [-0.39, 0.29) is 6.54 Å². The molecule has 0 spiro atoms. The standard InChI is InChI=1S/C11H12N2O4S/c1-11(7-3-4-18-6-7)9(15)13(10(16)12-11)5-8(14)17-2/h3-4,6H,5H2,1-2H3,(H,12,16). The van der Waals surface area contributed by atoms with E-state index in [0.717, 1.165) is 4.90 Å². The molecule has 1 atom stereocenters. The predicted octanol–water partition coefficient (Wildman–Crippen LogP) is 0.688. The normalized spacial score (nSPS) is 23.1. The predicted molar refractivity (Wildman–Crippen MR) is 63.9 cm³/mol. The molecule has 96 valence electrons. The van der Waals surface area contributed by atoms with Gasteiger partial charge in [-0.05, 0) is 29.3 Å². The highest BCUT2D eigenvalue weighted by Crippen LogP contribution is 2.29. The number of nitrogens with zero attached hydrogens (tertiary/aromatic N) is 1. The van der Waals surface area contributed by atoms with Crippen molar-refractivity contribution in [3.63, 3.8) is 0 Å². The Balaban J connectivity index is 2.26. The highest BCUT2D eigenvalue weighted by Gasteiger charge is 2.49. The van der Waals surface area contributed by atoms with Crippen LogP contribution in [0.3, 0.4) is 0 Å². The van der Waals surface area contributed by atoms with Gasteiger partial charge in [-0.25, -0.2) is 4.79 Å². The van der Waals surface area contributed by atoms with Crippen LogP contribution in [0.1, 0.15) is 12.5 Å². The Kier molecular flexibility index (Phi) is 3.08. The largest absolute Gasteiger partial charge is 0.468 e. The lowest BCUT2D eigenvalue weighted by atomic mass is 9.95. The number of imide groups is 1. The molecule has 1 aromatic rings. The molecule has 1 fully saturated rings. The van der Waals surface area contributed by atoms with Crippen molar-refractivity contribution in [2.45, 2.75) is 12.5 Å². The first-order chi connectivity index (χ1) is 8.49. The highest BCUT2D eigenvalue weighted by atomic mass is 32.1. The van der Waals surface area contributed by atoms with E-state index in [2.05, 4.69) is 10.1 Å².